The van der Waals surface area contributed by atoms with Crippen LogP contribution in [-0.4, -0.2) is 17.9 Å². The summed E-state index contributed by atoms with van der Waals surface area (Å²) >= 11 is 0. The number of carboxylic acid groups (broad SMARTS) is 1. The highest BCUT2D eigenvalue weighted by molar-refractivity contribution is 5.56. The van der Waals surface area contributed by atoms with Crippen molar-refractivity contribution in [1.29, 1.82) is 0 Å². The molecule has 0 saturated heterocycles. The number of benzene rings is 2. The maximum atomic E-state index is 9.65. The Kier molecular flexibility index (Phi) is 9.69. The van der Waals surface area contributed by atoms with Gasteiger partial charge in [-0.2, -0.15) is 0 Å². The van der Waals surface area contributed by atoms with Crippen LogP contribution in [-0.2, 0) is 25.7 Å². The second-order valence-electron chi connectivity index (χ2n) is 7.39. The van der Waals surface area contributed by atoms with E-state index in [1.165, 1.54) is 0 Å². The Hall–Kier alpha value is -2.37. The van der Waals surface area contributed by atoms with Gasteiger partial charge < -0.3 is 9.84 Å². The van der Waals surface area contributed by atoms with Crippen molar-refractivity contribution in [3.8, 4) is 0 Å². The van der Waals surface area contributed by atoms with E-state index in [4.69, 9.17) is 14.9 Å². The molecule has 1 N–H and O–H groups in total. The predicted molar refractivity (Wildman–Crippen MR) is 110 cm³/mol. The van der Waals surface area contributed by atoms with Gasteiger partial charge in [-0.3, -0.25) is 0 Å². The van der Waals surface area contributed by atoms with Crippen LogP contribution in [0.4, 0.5) is 4.79 Å². The first-order chi connectivity index (χ1) is 13.2. The Balaban J connectivity index is 0.000000416. The highest BCUT2D eigenvalue weighted by Crippen LogP contribution is 2.31. The van der Waals surface area contributed by atoms with Gasteiger partial charge in [0.05, 0.1) is 6.61 Å². The summed E-state index contributed by atoms with van der Waals surface area (Å²) in [6.07, 6.45) is 0.595. The summed E-state index contributed by atoms with van der Waals surface area (Å²) in [5.74, 6) is 0. The first-order valence-corrected chi connectivity index (χ1v) is 9.52. The molecule has 0 amide bonds. The molecule has 2 aromatic rings. The zero-order chi connectivity index (χ0) is 21.0. The molecule has 0 saturated carbocycles. The molecule has 0 aliphatic heterocycles. The fourth-order valence-corrected chi connectivity index (χ4v) is 2.29. The van der Waals surface area contributed by atoms with E-state index in [1.54, 1.807) is 0 Å². The Morgan fingerprint density at radius 2 is 1.21 bits per heavy atom. The van der Waals surface area contributed by atoms with Gasteiger partial charge in [-0.15, -0.1) is 0 Å². The molecule has 5 nitrogen and oxygen atoms in total. The van der Waals surface area contributed by atoms with Crippen molar-refractivity contribution in [2.45, 2.75) is 58.7 Å². The van der Waals surface area contributed by atoms with Crippen LogP contribution in [0.2, 0.25) is 0 Å². The zero-order valence-corrected chi connectivity index (χ0v) is 17.5. The minimum Gasteiger partial charge on any atom is -0.450 e. The topological polar surface area (TPSA) is 65.0 Å². The van der Waals surface area contributed by atoms with Crippen LogP contribution in [0.15, 0.2) is 60.7 Å². The van der Waals surface area contributed by atoms with Crippen molar-refractivity contribution in [1.82, 2.24) is 0 Å². The number of hydrogen-bond donors (Lipinski definition) is 1. The molecule has 0 atom stereocenters. The molecule has 0 fully saturated rings. The summed E-state index contributed by atoms with van der Waals surface area (Å²) in [6.45, 7) is 10.3. The van der Waals surface area contributed by atoms with Gasteiger partial charge in [-0.25, -0.2) is 14.6 Å². The Morgan fingerprint density at radius 1 is 0.821 bits per heavy atom. The van der Waals surface area contributed by atoms with Gasteiger partial charge in [0.25, 0.3) is 0 Å². The molecular formula is C23H32O5. The average molecular weight is 389 g/mol. The number of carbonyl (C=O) groups is 1. The number of hydrogen-bond acceptors (Lipinski definition) is 4. The zero-order valence-electron chi connectivity index (χ0n) is 17.5. The van der Waals surface area contributed by atoms with Gasteiger partial charge in [0.2, 0.25) is 0 Å². The van der Waals surface area contributed by atoms with Gasteiger partial charge in [0.15, 0.2) is 0 Å². The maximum absolute atomic E-state index is 9.65. The van der Waals surface area contributed by atoms with E-state index in [-0.39, 0.29) is 0 Å². The molecule has 0 heterocycles. The smallest absolute Gasteiger partial charge is 0.450 e. The van der Waals surface area contributed by atoms with Gasteiger partial charge >= 0.3 is 6.16 Å². The first kappa shape index (κ1) is 23.7. The number of rotatable bonds is 8. The summed E-state index contributed by atoms with van der Waals surface area (Å²) in [5.41, 5.74) is 1.19. The Morgan fingerprint density at radius 3 is 1.54 bits per heavy atom. The van der Waals surface area contributed by atoms with Gasteiger partial charge in [-0.1, -0.05) is 74.0 Å². The van der Waals surface area contributed by atoms with Crippen molar-refractivity contribution in [3.05, 3.63) is 71.8 Å². The standard InChI is InChI=1S/C18H22O2.C5H10O3/c1-17(2,15-11-7-5-8-12-15)19-20-18(3,4)16-13-9-6-10-14-16;1-2-3-4-8-5(6)7/h5-14H,1-4H3;2-4H2,1H3,(H,6,7). The van der Waals surface area contributed by atoms with Crippen molar-refractivity contribution in [3.63, 3.8) is 0 Å². The highest BCUT2D eigenvalue weighted by Gasteiger charge is 2.29. The molecule has 2 rings (SSSR count). The van der Waals surface area contributed by atoms with Gasteiger partial charge in [0, 0.05) is 0 Å². The van der Waals surface area contributed by atoms with Gasteiger partial charge in [-0.05, 0) is 45.2 Å². The van der Waals surface area contributed by atoms with E-state index >= 15 is 0 Å². The lowest BCUT2D eigenvalue weighted by molar-refractivity contribution is -0.410. The van der Waals surface area contributed by atoms with E-state index in [1.807, 2.05) is 95.3 Å². The molecule has 28 heavy (non-hydrogen) atoms. The van der Waals surface area contributed by atoms with E-state index in [0.29, 0.717) is 6.61 Å². The summed E-state index contributed by atoms with van der Waals surface area (Å²) in [7, 11) is 0. The second kappa shape index (κ2) is 11.5. The summed E-state index contributed by atoms with van der Waals surface area (Å²) in [6, 6.07) is 20.2. The van der Waals surface area contributed by atoms with Crippen molar-refractivity contribution in [2.75, 3.05) is 6.61 Å². The minimum atomic E-state index is -1.18. The second-order valence-corrected chi connectivity index (χ2v) is 7.39. The fraction of sp³-hybridized carbons (Fsp3) is 0.435. The normalized spacial score (nSPS) is 11.3. The SMILES string of the molecule is CC(C)(OOC(C)(C)c1ccccc1)c1ccccc1.CCCCOC(=O)O. The van der Waals surface area contributed by atoms with E-state index in [2.05, 4.69) is 4.74 Å². The van der Waals surface area contributed by atoms with Gasteiger partial charge in [0.1, 0.15) is 11.2 Å². The van der Waals surface area contributed by atoms with Crippen molar-refractivity contribution >= 4 is 6.16 Å². The Bertz CT molecular complexity index is 629. The van der Waals surface area contributed by atoms with Crippen molar-refractivity contribution < 1.29 is 24.4 Å². The summed E-state index contributed by atoms with van der Waals surface area (Å²) < 4.78 is 4.20. The third-order valence-corrected chi connectivity index (χ3v) is 4.12. The quantitative estimate of drug-likeness (QED) is 0.249. The lowest BCUT2D eigenvalue weighted by Crippen LogP contribution is -2.29. The monoisotopic (exact) mass is 388 g/mol. The van der Waals surface area contributed by atoms with E-state index < -0.39 is 17.4 Å². The molecule has 0 aliphatic rings. The van der Waals surface area contributed by atoms with Crippen LogP contribution >= 0.6 is 0 Å². The third kappa shape index (κ3) is 8.55. The molecule has 5 heteroatoms. The lowest BCUT2D eigenvalue weighted by atomic mass is 9.98. The van der Waals surface area contributed by atoms with Crippen LogP contribution in [0.3, 0.4) is 0 Å². The highest BCUT2D eigenvalue weighted by atomic mass is 17.2. The molecule has 0 aliphatic carbocycles. The summed E-state index contributed by atoms with van der Waals surface area (Å²) in [4.78, 5) is 21.1. The molecule has 0 aromatic heterocycles. The predicted octanol–water partition coefficient (Wildman–Crippen LogP) is 6.29. The molecule has 0 unspecified atom stereocenters. The maximum Gasteiger partial charge on any atom is 0.505 e. The average Bonchev–Trinajstić information content (AvgIpc) is 2.68. The van der Waals surface area contributed by atoms with E-state index in [0.717, 1.165) is 24.0 Å². The number of ether oxygens (including phenoxy) is 1. The van der Waals surface area contributed by atoms with Crippen LogP contribution in [0.25, 0.3) is 0 Å². The van der Waals surface area contributed by atoms with Crippen LogP contribution in [0, 0.1) is 0 Å². The third-order valence-electron chi connectivity index (χ3n) is 4.12. The molecular weight excluding hydrogens is 356 g/mol. The summed E-state index contributed by atoms with van der Waals surface area (Å²) in [5, 5.41) is 7.92. The van der Waals surface area contributed by atoms with E-state index in [9.17, 15) is 4.79 Å². The Labute approximate surface area is 168 Å². The largest absolute Gasteiger partial charge is 0.505 e. The molecule has 0 spiro atoms. The first-order valence-electron chi connectivity index (χ1n) is 9.52. The van der Waals surface area contributed by atoms with Crippen molar-refractivity contribution in [2.24, 2.45) is 0 Å². The fourth-order valence-electron chi connectivity index (χ4n) is 2.29. The lowest BCUT2D eigenvalue weighted by Gasteiger charge is -2.31. The minimum absolute atomic E-state index is 0.325. The van der Waals surface area contributed by atoms with Crippen LogP contribution in [0.1, 0.15) is 58.6 Å². The van der Waals surface area contributed by atoms with Crippen LogP contribution < -0.4 is 0 Å². The molecule has 0 bridgehead atoms. The molecule has 154 valence electrons. The number of unbranched alkanes of at least 4 members (excludes halogenated alkanes) is 1. The molecule has 2 aromatic carbocycles. The van der Waals surface area contributed by atoms with Crippen LogP contribution in [0.5, 0.6) is 0 Å². The molecule has 0 radical (unpaired) electrons.